The first-order valence-corrected chi connectivity index (χ1v) is 10.9. The number of carbonyl (C=O) groups is 2. The van der Waals surface area contributed by atoms with Crippen molar-refractivity contribution in [3.63, 3.8) is 0 Å². The van der Waals surface area contributed by atoms with Crippen LogP contribution in [0.5, 0.6) is 0 Å². The highest BCUT2D eigenvalue weighted by Gasteiger charge is 2.33. The number of carboxylic acid groups (broad SMARTS) is 1. The van der Waals surface area contributed by atoms with Crippen molar-refractivity contribution >= 4 is 11.9 Å². The van der Waals surface area contributed by atoms with Crippen LogP contribution in [0, 0.1) is 17.8 Å². The lowest BCUT2D eigenvalue weighted by molar-refractivity contribution is -0.159. The first-order chi connectivity index (χ1) is 12.5. The Morgan fingerprint density at radius 2 is 1.54 bits per heavy atom. The Morgan fingerprint density at radius 1 is 0.962 bits per heavy atom. The van der Waals surface area contributed by atoms with E-state index in [1.165, 1.54) is 44.9 Å². The molecule has 1 saturated carbocycles. The standard InChI is InChI=1S/C22H40O4/c1-4-5-6-7-8-9-10-11-15-20(17(2)3)26-22(25)19-14-12-13-18(16-19)21(23)24/h17-20H,4-16H2,1-3H3,(H,23,24). The molecule has 4 nitrogen and oxygen atoms in total. The fourth-order valence-electron chi connectivity index (χ4n) is 3.88. The zero-order valence-corrected chi connectivity index (χ0v) is 17.2. The molecule has 1 aliphatic carbocycles. The molecule has 1 rings (SSSR count). The van der Waals surface area contributed by atoms with E-state index in [1.54, 1.807) is 0 Å². The first-order valence-electron chi connectivity index (χ1n) is 10.9. The summed E-state index contributed by atoms with van der Waals surface area (Å²) < 4.78 is 5.81. The molecule has 0 radical (unpaired) electrons. The van der Waals surface area contributed by atoms with Crippen molar-refractivity contribution in [2.24, 2.45) is 17.8 Å². The molecule has 0 aromatic heterocycles. The lowest BCUT2D eigenvalue weighted by atomic mass is 9.81. The van der Waals surface area contributed by atoms with E-state index in [1.807, 2.05) is 0 Å². The molecular formula is C22H40O4. The number of hydrogen-bond donors (Lipinski definition) is 1. The SMILES string of the molecule is CCCCCCCCCCC(OC(=O)C1CCCC(C(=O)O)C1)C(C)C. The summed E-state index contributed by atoms with van der Waals surface area (Å²) in [6.07, 6.45) is 13.8. The Kier molecular flexibility index (Phi) is 11.6. The van der Waals surface area contributed by atoms with Gasteiger partial charge in [-0.1, -0.05) is 72.1 Å². The Balaban J connectivity index is 2.29. The van der Waals surface area contributed by atoms with Crippen LogP contribution < -0.4 is 0 Å². The van der Waals surface area contributed by atoms with Crippen LogP contribution in [0.1, 0.15) is 104 Å². The third-order valence-electron chi connectivity index (χ3n) is 5.71. The smallest absolute Gasteiger partial charge is 0.309 e. The summed E-state index contributed by atoms with van der Waals surface area (Å²) in [4.78, 5) is 23.7. The number of aliphatic carboxylic acids is 1. The molecule has 0 aliphatic heterocycles. The minimum Gasteiger partial charge on any atom is -0.481 e. The van der Waals surface area contributed by atoms with E-state index in [2.05, 4.69) is 20.8 Å². The second kappa shape index (κ2) is 13.2. The maximum Gasteiger partial charge on any atom is 0.309 e. The van der Waals surface area contributed by atoms with Crippen molar-refractivity contribution in [3.8, 4) is 0 Å². The van der Waals surface area contributed by atoms with Gasteiger partial charge in [0.25, 0.3) is 0 Å². The van der Waals surface area contributed by atoms with Crippen LogP contribution in [-0.2, 0) is 14.3 Å². The van der Waals surface area contributed by atoms with E-state index in [4.69, 9.17) is 4.74 Å². The van der Waals surface area contributed by atoms with Crippen molar-refractivity contribution in [2.45, 2.75) is 110 Å². The number of esters is 1. The fraction of sp³-hybridized carbons (Fsp3) is 0.909. The van der Waals surface area contributed by atoms with Gasteiger partial charge in [0.2, 0.25) is 0 Å². The minimum atomic E-state index is -0.776. The summed E-state index contributed by atoms with van der Waals surface area (Å²) >= 11 is 0. The van der Waals surface area contributed by atoms with Crippen molar-refractivity contribution in [1.82, 2.24) is 0 Å². The molecule has 1 fully saturated rings. The van der Waals surface area contributed by atoms with Crippen LogP contribution >= 0.6 is 0 Å². The molecule has 0 bridgehead atoms. The zero-order valence-electron chi connectivity index (χ0n) is 17.2. The number of carbonyl (C=O) groups excluding carboxylic acids is 1. The summed E-state index contributed by atoms with van der Waals surface area (Å²) in [6, 6.07) is 0. The Labute approximate surface area is 160 Å². The quantitative estimate of drug-likeness (QED) is 0.321. The van der Waals surface area contributed by atoms with Crippen molar-refractivity contribution in [1.29, 1.82) is 0 Å². The van der Waals surface area contributed by atoms with Gasteiger partial charge in [0.05, 0.1) is 11.8 Å². The normalized spacial score (nSPS) is 21.5. The number of carboxylic acids is 1. The third-order valence-corrected chi connectivity index (χ3v) is 5.71. The summed E-state index contributed by atoms with van der Waals surface area (Å²) in [7, 11) is 0. The molecule has 0 heterocycles. The Morgan fingerprint density at radius 3 is 2.12 bits per heavy atom. The number of rotatable bonds is 13. The Bertz CT molecular complexity index is 405. The maximum atomic E-state index is 12.5. The van der Waals surface area contributed by atoms with Gasteiger partial charge in [-0.15, -0.1) is 0 Å². The van der Waals surface area contributed by atoms with E-state index in [-0.39, 0.29) is 23.9 Å². The highest BCUT2D eigenvalue weighted by molar-refractivity contribution is 5.75. The second-order valence-corrected chi connectivity index (χ2v) is 8.38. The first kappa shape index (κ1) is 23.0. The molecule has 26 heavy (non-hydrogen) atoms. The second-order valence-electron chi connectivity index (χ2n) is 8.38. The minimum absolute atomic E-state index is 0.0344. The number of ether oxygens (including phenoxy) is 1. The van der Waals surface area contributed by atoms with Gasteiger partial charge in [0, 0.05) is 0 Å². The largest absolute Gasteiger partial charge is 0.481 e. The van der Waals surface area contributed by atoms with Crippen LogP contribution in [-0.4, -0.2) is 23.1 Å². The topological polar surface area (TPSA) is 63.6 Å². The highest BCUT2D eigenvalue weighted by atomic mass is 16.5. The van der Waals surface area contributed by atoms with Crippen LogP contribution in [0.4, 0.5) is 0 Å². The van der Waals surface area contributed by atoms with Crippen molar-refractivity contribution in [2.75, 3.05) is 0 Å². The number of unbranched alkanes of at least 4 members (excludes halogenated alkanes) is 7. The van der Waals surface area contributed by atoms with Gasteiger partial charge in [-0.3, -0.25) is 9.59 Å². The van der Waals surface area contributed by atoms with E-state index in [0.717, 1.165) is 25.7 Å². The number of hydrogen-bond acceptors (Lipinski definition) is 3. The van der Waals surface area contributed by atoms with Crippen LogP contribution in [0.25, 0.3) is 0 Å². The van der Waals surface area contributed by atoms with Gasteiger partial charge < -0.3 is 9.84 Å². The van der Waals surface area contributed by atoms with Gasteiger partial charge in [-0.05, 0) is 38.0 Å². The van der Waals surface area contributed by atoms with E-state index in [0.29, 0.717) is 18.8 Å². The zero-order chi connectivity index (χ0) is 19.4. The summed E-state index contributed by atoms with van der Waals surface area (Å²) in [5.74, 6) is -1.25. The molecule has 0 saturated heterocycles. The van der Waals surface area contributed by atoms with Gasteiger partial charge >= 0.3 is 11.9 Å². The lowest BCUT2D eigenvalue weighted by Crippen LogP contribution is -2.32. The summed E-state index contributed by atoms with van der Waals surface area (Å²) in [5.41, 5.74) is 0. The average molecular weight is 369 g/mol. The molecule has 1 aliphatic rings. The van der Waals surface area contributed by atoms with Gasteiger partial charge in [0.1, 0.15) is 6.10 Å². The van der Waals surface area contributed by atoms with Gasteiger partial charge in [-0.25, -0.2) is 0 Å². The molecule has 0 amide bonds. The van der Waals surface area contributed by atoms with E-state index >= 15 is 0 Å². The van der Waals surface area contributed by atoms with Gasteiger partial charge in [0.15, 0.2) is 0 Å². The maximum absolute atomic E-state index is 12.5. The van der Waals surface area contributed by atoms with Crippen LogP contribution in [0.2, 0.25) is 0 Å². The molecule has 4 heteroatoms. The molecule has 1 N–H and O–H groups in total. The van der Waals surface area contributed by atoms with Crippen LogP contribution in [0.3, 0.4) is 0 Å². The van der Waals surface area contributed by atoms with Crippen LogP contribution in [0.15, 0.2) is 0 Å². The van der Waals surface area contributed by atoms with Crippen molar-refractivity contribution in [3.05, 3.63) is 0 Å². The predicted molar refractivity (Wildman–Crippen MR) is 105 cm³/mol. The molecule has 0 aromatic rings. The van der Waals surface area contributed by atoms with Crippen molar-refractivity contribution < 1.29 is 19.4 Å². The average Bonchev–Trinajstić information content (AvgIpc) is 2.62. The molecular weight excluding hydrogens is 328 g/mol. The lowest BCUT2D eigenvalue weighted by Gasteiger charge is -2.28. The molecule has 0 spiro atoms. The summed E-state index contributed by atoms with van der Waals surface area (Å²) in [5, 5.41) is 9.19. The monoisotopic (exact) mass is 368 g/mol. The third kappa shape index (κ3) is 9.05. The molecule has 3 unspecified atom stereocenters. The fourth-order valence-corrected chi connectivity index (χ4v) is 3.88. The summed E-state index contributed by atoms with van der Waals surface area (Å²) in [6.45, 7) is 6.44. The predicted octanol–water partition coefficient (Wildman–Crippen LogP) is 5.98. The van der Waals surface area contributed by atoms with Gasteiger partial charge in [-0.2, -0.15) is 0 Å². The molecule has 3 atom stereocenters. The van der Waals surface area contributed by atoms with E-state index in [9.17, 15) is 14.7 Å². The van der Waals surface area contributed by atoms with E-state index < -0.39 is 5.97 Å². The Hall–Kier alpha value is -1.06. The molecule has 152 valence electrons. The highest BCUT2D eigenvalue weighted by Crippen LogP contribution is 2.31. The molecule has 0 aromatic carbocycles.